The van der Waals surface area contributed by atoms with Crippen LogP contribution >= 0.6 is 27.7 Å². The minimum absolute atomic E-state index is 0.0702. The highest BCUT2D eigenvalue weighted by atomic mass is 79.9. The summed E-state index contributed by atoms with van der Waals surface area (Å²) in [5.41, 5.74) is 4.05. The number of para-hydroxylation sites is 2. The maximum Gasteiger partial charge on any atom is 0.338 e. The Morgan fingerprint density at radius 1 is 1.33 bits per heavy atom. The van der Waals surface area contributed by atoms with E-state index in [1.54, 1.807) is 6.07 Å². The zero-order chi connectivity index (χ0) is 21.6. The molecule has 156 valence electrons. The summed E-state index contributed by atoms with van der Waals surface area (Å²) in [5, 5.41) is 22.0. The van der Waals surface area contributed by atoms with Crippen molar-refractivity contribution in [1.29, 1.82) is 0 Å². The van der Waals surface area contributed by atoms with Crippen LogP contribution in [-0.2, 0) is 19.3 Å². The third-order valence-corrected chi connectivity index (χ3v) is 6.53. The predicted octanol–water partition coefficient (Wildman–Crippen LogP) is 4.57. The van der Waals surface area contributed by atoms with Gasteiger partial charge < -0.3 is 24.7 Å². The van der Waals surface area contributed by atoms with E-state index in [0.717, 1.165) is 21.7 Å². The number of benzene rings is 2. The van der Waals surface area contributed by atoms with Gasteiger partial charge in [-0.25, -0.2) is 9.78 Å². The molecular formula is C21H21BrN4O3S. The van der Waals surface area contributed by atoms with Crippen molar-refractivity contribution in [2.45, 2.75) is 17.5 Å². The molecule has 30 heavy (non-hydrogen) atoms. The Hall–Kier alpha value is -2.49. The molecule has 0 radical (unpaired) electrons. The number of phenols is 1. The van der Waals surface area contributed by atoms with Gasteiger partial charge in [-0.2, -0.15) is 0 Å². The number of fused-ring (bicyclic) bond motifs is 2. The van der Waals surface area contributed by atoms with E-state index >= 15 is 0 Å². The molecule has 2 heterocycles. The van der Waals surface area contributed by atoms with E-state index in [2.05, 4.69) is 25.9 Å². The van der Waals surface area contributed by atoms with Crippen molar-refractivity contribution in [3.05, 3.63) is 51.6 Å². The summed E-state index contributed by atoms with van der Waals surface area (Å²) >= 11 is 4.86. The minimum Gasteiger partial charge on any atom is -0.506 e. The van der Waals surface area contributed by atoms with Gasteiger partial charge in [0.2, 0.25) is 0 Å². The van der Waals surface area contributed by atoms with Gasteiger partial charge in [0.25, 0.3) is 0 Å². The zero-order valence-electron chi connectivity index (χ0n) is 16.7. The molecule has 9 heteroatoms. The molecule has 0 saturated carbocycles. The maximum atomic E-state index is 12.3. The van der Waals surface area contributed by atoms with Gasteiger partial charge in [-0.15, -0.1) is 0 Å². The second kappa shape index (κ2) is 7.98. The second-order valence-electron chi connectivity index (χ2n) is 7.35. The first-order chi connectivity index (χ1) is 14.3. The molecule has 0 unspecified atom stereocenters. The number of aromatic nitrogens is 3. The van der Waals surface area contributed by atoms with E-state index < -0.39 is 5.97 Å². The highest BCUT2D eigenvalue weighted by Gasteiger charge is 2.26. The van der Waals surface area contributed by atoms with Crippen molar-refractivity contribution in [3.63, 3.8) is 0 Å². The predicted molar refractivity (Wildman–Crippen MR) is 122 cm³/mol. The van der Waals surface area contributed by atoms with Gasteiger partial charge in [-0.05, 0) is 48.2 Å². The SMILES string of the molecule is CN(C)Cc1c(O)c(Br)cc2c1c(C(=O)O)c(CSc1nc3ccccc3[nH]1)n2C. The molecule has 0 aliphatic rings. The number of rotatable bonds is 6. The van der Waals surface area contributed by atoms with E-state index in [1.807, 2.05) is 54.9 Å². The number of nitrogens with zero attached hydrogens (tertiary/aromatic N) is 3. The molecule has 0 spiro atoms. The molecule has 0 atom stereocenters. The van der Waals surface area contributed by atoms with Gasteiger partial charge in [0.1, 0.15) is 5.75 Å². The van der Waals surface area contributed by atoms with E-state index in [4.69, 9.17) is 0 Å². The Labute approximate surface area is 185 Å². The smallest absolute Gasteiger partial charge is 0.338 e. The lowest BCUT2D eigenvalue weighted by Gasteiger charge is -2.14. The number of hydrogen-bond acceptors (Lipinski definition) is 5. The van der Waals surface area contributed by atoms with Gasteiger partial charge in [0, 0.05) is 36.0 Å². The summed E-state index contributed by atoms with van der Waals surface area (Å²) < 4.78 is 2.43. The third kappa shape index (κ3) is 3.57. The van der Waals surface area contributed by atoms with Crippen molar-refractivity contribution < 1.29 is 15.0 Å². The topological polar surface area (TPSA) is 94.4 Å². The molecule has 7 nitrogen and oxygen atoms in total. The molecule has 0 fully saturated rings. The van der Waals surface area contributed by atoms with E-state index in [0.29, 0.717) is 33.4 Å². The number of carbonyl (C=O) groups is 1. The van der Waals surface area contributed by atoms with Crippen LogP contribution in [0.25, 0.3) is 21.9 Å². The van der Waals surface area contributed by atoms with Gasteiger partial charge in [0.05, 0.1) is 26.6 Å². The number of hydrogen-bond donors (Lipinski definition) is 3. The summed E-state index contributed by atoms with van der Waals surface area (Å²) in [6.07, 6.45) is 0. The Bertz CT molecular complexity index is 1250. The quantitative estimate of drug-likeness (QED) is 0.344. The molecule has 0 aliphatic heterocycles. The summed E-state index contributed by atoms with van der Waals surface area (Å²) in [7, 11) is 5.62. The van der Waals surface area contributed by atoms with Gasteiger partial charge >= 0.3 is 5.97 Å². The van der Waals surface area contributed by atoms with Gasteiger partial charge in [0.15, 0.2) is 5.16 Å². The number of H-pyrrole nitrogens is 1. The monoisotopic (exact) mass is 488 g/mol. The number of carboxylic acid groups (broad SMARTS) is 1. The lowest BCUT2D eigenvalue weighted by molar-refractivity contribution is 0.0697. The minimum atomic E-state index is -1.01. The third-order valence-electron chi connectivity index (χ3n) is 5.04. The number of aromatic amines is 1. The summed E-state index contributed by atoms with van der Waals surface area (Å²) in [4.78, 5) is 22.0. The molecule has 4 rings (SSSR count). The maximum absolute atomic E-state index is 12.3. The fourth-order valence-electron chi connectivity index (χ4n) is 3.68. The molecule has 0 saturated heterocycles. The van der Waals surface area contributed by atoms with Crippen molar-refractivity contribution in [2.75, 3.05) is 14.1 Å². The molecule has 2 aromatic heterocycles. The Balaban J connectivity index is 1.83. The van der Waals surface area contributed by atoms with Gasteiger partial charge in [-0.1, -0.05) is 23.9 Å². The summed E-state index contributed by atoms with van der Waals surface area (Å²) in [6.45, 7) is 0.419. The first-order valence-electron chi connectivity index (χ1n) is 9.25. The largest absolute Gasteiger partial charge is 0.506 e. The Kier molecular flexibility index (Phi) is 5.52. The van der Waals surface area contributed by atoms with Crippen LogP contribution in [0.5, 0.6) is 5.75 Å². The molecule has 4 aromatic rings. The van der Waals surface area contributed by atoms with Crippen molar-refractivity contribution in [2.24, 2.45) is 7.05 Å². The molecule has 3 N–H and O–H groups in total. The zero-order valence-corrected chi connectivity index (χ0v) is 19.1. The van der Waals surface area contributed by atoms with Crippen LogP contribution in [0.3, 0.4) is 0 Å². The van der Waals surface area contributed by atoms with Crippen LogP contribution in [-0.4, -0.2) is 49.7 Å². The standard InChI is InChI=1S/C21H21BrN4O3S/c1-25(2)9-11-17-15(8-12(22)19(11)27)26(3)16(18(17)20(28)29)10-30-21-23-13-6-4-5-7-14(13)24-21/h4-8,27H,9-10H2,1-3H3,(H,23,24)(H,28,29). The van der Waals surface area contributed by atoms with Crippen LogP contribution in [0.2, 0.25) is 0 Å². The number of aromatic hydroxyl groups is 1. The second-order valence-corrected chi connectivity index (χ2v) is 9.17. The highest BCUT2D eigenvalue weighted by molar-refractivity contribution is 9.10. The molecule has 2 aromatic carbocycles. The molecule has 0 bridgehead atoms. The average molecular weight is 489 g/mol. The van der Waals surface area contributed by atoms with Crippen LogP contribution < -0.4 is 0 Å². The van der Waals surface area contributed by atoms with Crippen LogP contribution in [0.4, 0.5) is 0 Å². The first kappa shape index (κ1) is 20.8. The van der Waals surface area contributed by atoms with Gasteiger partial charge in [-0.3, -0.25) is 0 Å². The van der Waals surface area contributed by atoms with E-state index in [-0.39, 0.29) is 11.3 Å². The molecular weight excluding hydrogens is 468 g/mol. The van der Waals surface area contributed by atoms with Crippen molar-refractivity contribution in [3.8, 4) is 5.75 Å². The number of nitrogens with one attached hydrogen (secondary N) is 1. The van der Waals surface area contributed by atoms with E-state index in [9.17, 15) is 15.0 Å². The first-order valence-corrected chi connectivity index (χ1v) is 11.0. The summed E-state index contributed by atoms with van der Waals surface area (Å²) in [6, 6.07) is 9.53. The number of aromatic carboxylic acids is 1. The number of thioether (sulfide) groups is 1. The summed E-state index contributed by atoms with van der Waals surface area (Å²) in [5.74, 6) is -0.518. The lowest BCUT2D eigenvalue weighted by atomic mass is 10.0. The average Bonchev–Trinajstić information content (AvgIpc) is 3.22. The Morgan fingerprint density at radius 2 is 2.07 bits per heavy atom. The molecule has 0 aliphatic carbocycles. The number of phenolic OH excluding ortho intramolecular Hbond substituents is 1. The molecule has 0 amide bonds. The van der Waals surface area contributed by atoms with Crippen molar-refractivity contribution in [1.82, 2.24) is 19.4 Å². The fourth-order valence-corrected chi connectivity index (χ4v) is 5.10. The van der Waals surface area contributed by atoms with Crippen LogP contribution in [0.1, 0.15) is 21.6 Å². The highest BCUT2D eigenvalue weighted by Crippen LogP contribution is 2.40. The number of halogens is 1. The fraction of sp³-hybridized carbons (Fsp3) is 0.238. The van der Waals surface area contributed by atoms with E-state index in [1.165, 1.54) is 11.8 Å². The number of carboxylic acids is 1. The lowest BCUT2D eigenvalue weighted by Crippen LogP contribution is -2.12. The number of imidazole rings is 1. The van der Waals surface area contributed by atoms with Crippen LogP contribution in [0.15, 0.2) is 40.0 Å². The Morgan fingerprint density at radius 3 is 2.73 bits per heavy atom. The normalized spacial score (nSPS) is 11.8. The van der Waals surface area contributed by atoms with Crippen LogP contribution in [0, 0.1) is 0 Å². The van der Waals surface area contributed by atoms with Crippen molar-refractivity contribution >= 4 is 55.6 Å². The number of aryl methyl sites for hydroxylation is 1.